The van der Waals surface area contributed by atoms with E-state index in [1.165, 1.54) is 4.31 Å². The van der Waals surface area contributed by atoms with E-state index in [9.17, 15) is 13.2 Å². The minimum absolute atomic E-state index is 0.0214. The number of rotatable bonds is 4. The van der Waals surface area contributed by atoms with E-state index in [2.05, 4.69) is 4.72 Å². The Balaban J connectivity index is 1.88. The van der Waals surface area contributed by atoms with Crippen LogP contribution in [0.3, 0.4) is 0 Å². The largest absolute Gasteiger partial charge is 0.342 e. The molecule has 0 aromatic rings. The Morgan fingerprint density at radius 1 is 1.16 bits per heavy atom. The lowest BCUT2D eigenvalue weighted by Gasteiger charge is -2.32. The summed E-state index contributed by atoms with van der Waals surface area (Å²) in [6.07, 6.45) is 4.88. The van der Waals surface area contributed by atoms with Crippen LogP contribution in [0.1, 0.15) is 39.0 Å². The molecule has 2 aliphatic rings. The van der Waals surface area contributed by atoms with Gasteiger partial charge in [-0.1, -0.05) is 6.42 Å². The first kappa shape index (κ1) is 14.7. The van der Waals surface area contributed by atoms with Gasteiger partial charge in [0.05, 0.1) is 6.54 Å². The zero-order valence-corrected chi connectivity index (χ0v) is 12.3. The number of nitrogens with one attached hydrogen (secondary N) is 1. The Kier molecular flexibility index (Phi) is 4.81. The minimum atomic E-state index is -3.52. The first-order chi connectivity index (χ1) is 9.00. The molecule has 6 nitrogen and oxygen atoms in total. The topological polar surface area (TPSA) is 69.7 Å². The Bertz CT molecular complexity index is 418. The number of carbonyl (C=O) groups is 1. The van der Waals surface area contributed by atoms with Crippen LogP contribution in [0.5, 0.6) is 0 Å². The average Bonchev–Trinajstić information content (AvgIpc) is 2.90. The number of hydrogen-bond donors (Lipinski definition) is 1. The second-order valence-corrected chi connectivity index (χ2v) is 7.08. The number of piperidine rings is 1. The molecule has 0 aliphatic carbocycles. The molecule has 1 N–H and O–H groups in total. The molecular formula is C12H23N3O3S. The van der Waals surface area contributed by atoms with Gasteiger partial charge in [-0.3, -0.25) is 4.79 Å². The summed E-state index contributed by atoms with van der Waals surface area (Å²) in [5.74, 6) is -0.120. The van der Waals surface area contributed by atoms with E-state index in [1.54, 1.807) is 4.90 Å². The van der Waals surface area contributed by atoms with Gasteiger partial charge >= 0.3 is 0 Å². The molecule has 110 valence electrons. The van der Waals surface area contributed by atoms with Gasteiger partial charge in [0.1, 0.15) is 0 Å². The smallest absolute Gasteiger partial charge is 0.280 e. The van der Waals surface area contributed by atoms with Crippen molar-refractivity contribution in [1.82, 2.24) is 13.9 Å². The van der Waals surface area contributed by atoms with E-state index in [4.69, 9.17) is 0 Å². The molecule has 0 radical (unpaired) electrons. The second kappa shape index (κ2) is 6.19. The van der Waals surface area contributed by atoms with Crippen LogP contribution >= 0.6 is 0 Å². The molecule has 0 bridgehead atoms. The van der Waals surface area contributed by atoms with E-state index in [0.717, 1.165) is 45.2 Å². The van der Waals surface area contributed by atoms with Gasteiger partial charge in [-0.05, 0) is 32.6 Å². The van der Waals surface area contributed by atoms with Crippen LogP contribution in [0.25, 0.3) is 0 Å². The van der Waals surface area contributed by atoms with Crippen LogP contribution in [0.4, 0.5) is 0 Å². The molecule has 1 amide bonds. The summed E-state index contributed by atoms with van der Waals surface area (Å²) >= 11 is 0. The lowest BCUT2D eigenvalue weighted by atomic mass is 10.1. The molecule has 7 heteroatoms. The highest BCUT2D eigenvalue weighted by molar-refractivity contribution is 7.87. The maximum absolute atomic E-state index is 12.2. The lowest BCUT2D eigenvalue weighted by molar-refractivity contribution is -0.128. The molecule has 2 heterocycles. The van der Waals surface area contributed by atoms with Crippen LogP contribution in [0, 0.1) is 0 Å². The van der Waals surface area contributed by atoms with Crippen molar-refractivity contribution < 1.29 is 13.2 Å². The van der Waals surface area contributed by atoms with Gasteiger partial charge in [-0.15, -0.1) is 0 Å². The maximum atomic E-state index is 12.2. The fourth-order valence-corrected chi connectivity index (χ4v) is 4.16. The quantitative estimate of drug-likeness (QED) is 0.810. The molecule has 0 aromatic carbocycles. The van der Waals surface area contributed by atoms with Crippen LogP contribution in [-0.4, -0.2) is 55.8 Å². The number of hydrogen-bond acceptors (Lipinski definition) is 3. The molecule has 0 aromatic heterocycles. The maximum Gasteiger partial charge on any atom is 0.280 e. The molecule has 1 atom stereocenters. The molecule has 1 unspecified atom stereocenters. The van der Waals surface area contributed by atoms with Gasteiger partial charge < -0.3 is 4.90 Å². The third-order valence-electron chi connectivity index (χ3n) is 3.92. The highest BCUT2D eigenvalue weighted by Crippen LogP contribution is 2.19. The van der Waals surface area contributed by atoms with Gasteiger partial charge in [0.15, 0.2) is 0 Å². The zero-order chi connectivity index (χ0) is 13.9. The molecule has 2 saturated heterocycles. The lowest BCUT2D eigenvalue weighted by Crippen LogP contribution is -2.50. The average molecular weight is 289 g/mol. The normalized spacial score (nSPS) is 25.7. The number of nitrogens with zero attached hydrogens (tertiary/aromatic N) is 2. The van der Waals surface area contributed by atoms with Gasteiger partial charge in [0.2, 0.25) is 5.91 Å². The number of amides is 1. The van der Waals surface area contributed by atoms with Crippen molar-refractivity contribution in [3.8, 4) is 0 Å². The molecular weight excluding hydrogens is 266 g/mol. The first-order valence-electron chi connectivity index (χ1n) is 7.05. The molecule has 19 heavy (non-hydrogen) atoms. The Hall–Kier alpha value is -0.660. The summed E-state index contributed by atoms with van der Waals surface area (Å²) in [4.78, 5) is 13.6. The summed E-state index contributed by atoms with van der Waals surface area (Å²) in [5.41, 5.74) is 0. The first-order valence-corrected chi connectivity index (χ1v) is 8.49. The van der Waals surface area contributed by atoms with Gasteiger partial charge in [0, 0.05) is 25.7 Å². The summed E-state index contributed by atoms with van der Waals surface area (Å²) in [5, 5.41) is 0. The number of carbonyl (C=O) groups excluding carboxylic acids is 1. The molecule has 0 spiro atoms. The van der Waals surface area contributed by atoms with Gasteiger partial charge in [-0.25, -0.2) is 0 Å². The van der Waals surface area contributed by atoms with Gasteiger partial charge in [-0.2, -0.15) is 17.4 Å². The van der Waals surface area contributed by atoms with E-state index >= 15 is 0 Å². The van der Waals surface area contributed by atoms with E-state index in [1.807, 2.05) is 6.92 Å². The van der Waals surface area contributed by atoms with Crippen LogP contribution in [0.2, 0.25) is 0 Å². The van der Waals surface area contributed by atoms with Crippen LogP contribution in [-0.2, 0) is 15.0 Å². The fraction of sp³-hybridized carbons (Fsp3) is 0.917. The van der Waals surface area contributed by atoms with E-state index in [0.29, 0.717) is 6.54 Å². The predicted octanol–water partition coefficient (Wildman–Crippen LogP) is 0.318. The predicted molar refractivity (Wildman–Crippen MR) is 72.8 cm³/mol. The fourth-order valence-electron chi connectivity index (χ4n) is 2.74. The Morgan fingerprint density at radius 3 is 2.42 bits per heavy atom. The SMILES string of the molecule is CC1CCCCN1S(=O)(=O)NCC(=O)N1CCCC1. The molecule has 2 aliphatic heterocycles. The van der Waals surface area contributed by atoms with Crippen molar-refractivity contribution in [2.45, 2.75) is 45.1 Å². The second-order valence-electron chi connectivity index (χ2n) is 5.37. The summed E-state index contributed by atoms with van der Waals surface area (Å²) in [7, 11) is -3.52. The van der Waals surface area contributed by atoms with Crippen molar-refractivity contribution in [3.05, 3.63) is 0 Å². The summed E-state index contributed by atoms with van der Waals surface area (Å²) in [6, 6.07) is 0.0214. The Labute approximate surface area is 115 Å². The van der Waals surface area contributed by atoms with E-state index in [-0.39, 0.29) is 18.5 Å². The summed E-state index contributed by atoms with van der Waals surface area (Å²) in [6.45, 7) is 3.85. The summed E-state index contributed by atoms with van der Waals surface area (Å²) < 4.78 is 28.2. The molecule has 2 rings (SSSR count). The van der Waals surface area contributed by atoms with Crippen molar-refractivity contribution in [1.29, 1.82) is 0 Å². The molecule has 0 saturated carbocycles. The van der Waals surface area contributed by atoms with Crippen molar-refractivity contribution >= 4 is 16.1 Å². The highest BCUT2D eigenvalue weighted by Gasteiger charge is 2.30. The van der Waals surface area contributed by atoms with Crippen molar-refractivity contribution in [3.63, 3.8) is 0 Å². The van der Waals surface area contributed by atoms with Crippen molar-refractivity contribution in [2.24, 2.45) is 0 Å². The van der Waals surface area contributed by atoms with Crippen LogP contribution in [0.15, 0.2) is 0 Å². The monoisotopic (exact) mass is 289 g/mol. The van der Waals surface area contributed by atoms with Gasteiger partial charge in [0.25, 0.3) is 10.2 Å². The van der Waals surface area contributed by atoms with Crippen LogP contribution < -0.4 is 4.72 Å². The third-order valence-corrected chi connectivity index (χ3v) is 5.58. The van der Waals surface area contributed by atoms with E-state index < -0.39 is 10.2 Å². The third kappa shape index (κ3) is 3.67. The number of likely N-dealkylation sites (tertiary alicyclic amines) is 1. The molecule has 2 fully saturated rings. The minimum Gasteiger partial charge on any atom is -0.342 e. The highest BCUT2D eigenvalue weighted by atomic mass is 32.2. The standard InChI is InChI=1S/C12H23N3O3S/c1-11-6-2-3-9-15(11)19(17,18)13-10-12(16)14-7-4-5-8-14/h11,13H,2-10H2,1H3. The van der Waals surface area contributed by atoms with Crippen molar-refractivity contribution in [2.75, 3.05) is 26.2 Å². The zero-order valence-electron chi connectivity index (χ0n) is 11.5. The Morgan fingerprint density at radius 2 is 1.79 bits per heavy atom.